The van der Waals surface area contributed by atoms with E-state index in [0.29, 0.717) is 12.4 Å². The number of aromatic nitrogens is 3. The number of aliphatic hydroxyl groups is 1. The second-order valence-electron chi connectivity index (χ2n) is 6.78. The number of rotatable bonds is 5. The molecule has 0 saturated heterocycles. The van der Waals surface area contributed by atoms with Crippen molar-refractivity contribution in [3.05, 3.63) is 47.5 Å². The Labute approximate surface area is 146 Å². The van der Waals surface area contributed by atoms with Gasteiger partial charge in [-0.1, -0.05) is 30.7 Å². The van der Waals surface area contributed by atoms with E-state index in [1.54, 1.807) is 11.0 Å². The van der Waals surface area contributed by atoms with E-state index in [1.165, 1.54) is 11.9 Å². The van der Waals surface area contributed by atoms with Gasteiger partial charge < -0.3 is 5.11 Å². The lowest BCUT2D eigenvalue weighted by Gasteiger charge is -2.42. The van der Waals surface area contributed by atoms with Crippen LogP contribution in [0, 0.1) is 11.3 Å². The highest BCUT2D eigenvalue weighted by Crippen LogP contribution is 2.52. The third-order valence-electron chi connectivity index (χ3n) is 5.33. The zero-order chi connectivity index (χ0) is 16.5. The van der Waals surface area contributed by atoms with Crippen LogP contribution in [0.15, 0.2) is 36.9 Å². The summed E-state index contributed by atoms with van der Waals surface area (Å²) in [6.07, 6.45) is 5.78. The summed E-state index contributed by atoms with van der Waals surface area (Å²) >= 11 is 12.2. The lowest BCUT2D eigenvalue weighted by Crippen LogP contribution is -2.51. The Morgan fingerprint density at radius 1 is 1.35 bits per heavy atom. The van der Waals surface area contributed by atoms with Crippen molar-refractivity contribution in [3.63, 3.8) is 0 Å². The van der Waals surface area contributed by atoms with Crippen LogP contribution in [-0.4, -0.2) is 31.4 Å². The molecule has 1 saturated carbocycles. The second kappa shape index (κ2) is 6.42. The molecule has 2 aromatic rings. The van der Waals surface area contributed by atoms with Crippen molar-refractivity contribution in [2.45, 2.75) is 38.3 Å². The monoisotopic (exact) mass is 353 g/mol. The Morgan fingerprint density at radius 2 is 2.09 bits per heavy atom. The number of hydrogen-bond donors (Lipinski definition) is 1. The van der Waals surface area contributed by atoms with Gasteiger partial charge in [0.2, 0.25) is 0 Å². The van der Waals surface area contributed by atoms with Crippen molar-refractivity contribution < 1.29 is 5.11 Å². The third-order valence-corrected chi connectivity index (χ3v) is 6.17. The normalized spacial score (nSPS) is 30.7. The van der Waals surface area contributed by atoms with E-state index in [1.807, 2.05) is 24.3 Å². The average Bonchev–Trinajstić information content (AvgIpc) is 3.12. The summed E-state index contributed by atoms with van der Waals surface area (Å²) in [6, 6.07) is 7.83. The summed E-state index contributed by atoms with van der Waals surface area (Å²) in [4.78, 5) is 3.98. The molecular formula is C17H21Cl2N3O. The van der Waals surface area contributed by atoms with E-state index in [9.17, 15) is 5.11 Å². The molecule has 1 aromatic carbocycles. The van der Waals surface area contributed by atoms with Crippen molar-refractivity contribution in [1.82, 2.24) is 14.8 Å². The van der Waals surface area contributed by atoms with Gasteiger partial charge >= 0.3 is 0 Å². The summed E-state index contributed by atoms with van der Waals surface area (Å²) in [5.74, 6) is 0.548. The number of hydrogen-bond acceptors (Lipinski definition) is 3. The van der Waals surface area contributed by atoms with E-state index in [0.717, 1.165) is 24.3 Å². The zero-order valence-electron chi connectivity index (χ0n) is 13.1. The molecule has 3 atom stereocenters. The Morgan fingerprint density at radius 3 is 2.70 bits per heavy atom. The van der Waals surface area contributed by atoms with Gasteiger partial charge in [-0.05, 0) is 42.9 Å². The zero-order valence-corrected chi connectivity index (χ0v) is 14.6. The summed E-state index contributed by atoms with van der Waals surface area (Å²) in [6.45, 7) is 2.48. The van der Waals surface area contributed by atoms with Crippen LogP contribution in [-0.2, 0) is 13.0 Å². The quantitative estimate of drug-likeness (QED) is 0.836. The van der Waals surface area contributed by atoms with Crippen LogP contribution in [0.5, 0.6) is 0 Å². The average molecular weight is 354 g/mol. The fourth-order valence-corrected chi connectivity index (χ4v) is 4.17. The fourth-order valence-electron chi connectivity index (χ4n) is 3.68. The van der Waals surface area contributed by atoms with Crippen molar-refractivity contribution in [1.29, 1.82) is 0 Å². The molecule has 2 unspecified atom stereocenters. The molecule has 0 spiro atoms. The molecule has 1 aromatic heterocycles. The minimum absolute atomic E-state index is 0.122. The lowest BCUT2D eigenvalue weighted by atomic mass is 9.72. The van der Waals surface area contributed by atoms with E-state index < -0.39 is 5.60 Å². The maximum absolute atomic E-state index is 11.6. The molecule has 6 heteroatoms. The Hall–Kier alpha value is -1.10. The van der Waals surface area contributed by atoms with Crippen LogP contribution in [0.3, 0.4) is 0 Å². The van der Waals surface area contributed by atoms with Crippen LogP contribution in [0.4, 0.5) is 0 Å². The van der Waals surface area contributed by atoms with Crippen molar-refractivity contribution in [3.8, 4) is 0 Å². The molecule has 1 N–H and O–H groups in total. The van der Waals surface area contributed by atoms with Crippen LogP contribution in [0.2, 0.25) is 5.02 Å². The number of benzene rings is 1. The standard InChI is InChI=1S/C17H21Cl2N3O/c1-16(9-18)7-6-14(8-13-2-4-15(19)5-3-13)17(16,23)10-22-12-20-11-21-22/h2-5,11-12,14,23H,6-10H2,1H3/t14?,16?,17-/m0/s1. The third kappa shape index (κ3) is 3.12. The Balaban J connectivity index is 1.87. The van der Waals surface area contributed by atoms with Gasteiger partial charge in [-0.2, -0.15) is 5.10 Å². The molecular weight excluding hydrogens is 333 g/mol. The van der Waals surface area contributed by atoms with Crippen molar-refractivity contribution >= 4 is 23.2 Å². The van der Waals surface area contributed by atoms with Crippen molar-refractivity contribution in [2.24, 2.45) is 11.3 Å². The molecule has 0 amide bonds. The van der Waals surface area contributed by atoms with E-state index >= 15 is 0 Å². The van der Waals surface area contributed by atoms with Gasteiger partial charge in [0.05, 0.1) is 12.1 Å². The summed E-state index contributed by atoms with van der Waals surface area (Å²) < 4.78 is 1.70. The molecule has 23 heavy (non-hydrogen) atoms. The maximum atomic E-state index is 11.6. The van der Waals surface area contributed by atoms with Crippen LogP contribution in [0.1, 0.15) is 25.3 Å². The van der Waals surface area contributed by atoms with Crippen LogP contribution < -0.4 is 0 Å². The number of nitrogens with zero attached hydrogens (tertiary/aromatic N) is 3. The fraction of sp³-hybridized carbons (Fsp3) is 0.529. The summed E-state index contributed by atoms with van der Waals surface area (Å²) in [5, 5.41) is 16.4. The first-order valence-electron chi connectivity index (χ1n) is 7.82. The topological polar surface area (TPSA) is 50.9 Å². The molecule has 0 aliphatic heterocycles. The molecule has 3 rings (SSSR count). The molecule has 0 radical (unpaired) electrons. The van der Waals surface area contributed by atoms with E-state index in [2.05, 4.69) is 17.0 Å². The molecule has 1 fully saturated rings. The maximum Gasteiger partial charge on any atom is 0.137 e. The predicted octanol–water partition coefficient (Wildman–Crippen LogP) is 3.56. The van der Waals surface area contributed by atoms with Gasteiger partial charge in [0.15, 0.2) is 0 Å². The van der Waals surface area contributed by atoms with Crippen LogP contribution in [0.25, 0.3) is 0 Å². The molecule has 1 aliphatic carbocycles. The number of halogens is 2. The van der Waals surface area contributed by atoms with Gasteiger partial charge in [-0.25, -0.2) is 4.98 Å². The van der Waals surface area contributed by atoms with E-state index in [4.69, 9.17) is 23.2 Å². The second-order valence-corrected chi connectivity index (χ2v) is 7.48. The smallest absolute Gasteiger partial charge is 0.137 e. The van der Waals surface area contributed by atoms with Gasteiger partial charge in [-0.3, -0.25) is 4.68 Å². The SMILES string of the molecule is CC1(CCl)CCC(Cc2ccc(Cl)cc2)[C@@]1(O)Cn1cncn1. The Kier molecular flexibility index (Phi) is 4.68. The van der Waals surface area contributed by atoms with Gasteiger partial charge in [0, 0.05) is 16.3 Å². The predicted molar refractivity (Wildman–Crippen MR) is 91.7 cm³/mol. The van der Waals surface area contributed by atoms with Gasteiger partial charge in [-0.15, -0.1) is 11.6 Å². The van der Waals surface area contributed by atoms with E-state index in [-0.39, 0.29) is 11.3 Å². The summed E-state index contributed by atoms with van der Waals surface area (Å²) in [5.41, 5.74) is -0.0742. The minimum Gasteiger partial charge on any atom is -0.387 e. The van der Waals surface area contributed by atoms with Crippen molar-refractivity contribution in [2.75, 3.05) is 5.88 Å². The highest BCUT2D eigenvalue weighted by molar-refractivity contribution is 6.30. The first kappa shape index (κ1) is 16.7. The first-order valence-corrected chi connectivity index (χ1v) is 8.73. The molecule has 0 bridgehead atoms. The molecule has 4 nitrogen and oxygen atoms in total. The summed E-state index contributed by atoms with van der Waals surface area (Å²) in [7, 11) is 0. The lowest BCUT2D eigenvalue weighted by molar-refractivity contribution is -0.0891. The minimum atomic E-state index is -0.915. The molecule has 1 heterocycles. The van der Waals surface area contributed by atoms with Gasteiger partial charge in [0.1, 0.15) is 12.7 Å². The Bertz CT molecular complexity index is 646. The van der Waals surface area contributed by atoms with Crippen LogP contribution >= 0.6 is 23.2 Å². The largest absolute Gasteiger partial charge is 0.387 e. The highest BCUT2D eigenvalue weighted by atomic mass is 35.5. The number of alkyl halides is 1. The highest BCUT2D eigenvalue weighted by Gasteiger charge is 2.56. The first-order chi connectivity index (χ1) is 11.0. The molecule has 124 valence electrons. The molecule has 1 aliphatic rings. The van der Waals surface area contributed by atoms with Gasteiger partial charge in [0.25, 0.3) is 0 Å².